The molecule has 0 radical (unpaired) electrons. The molecule has 1 atom stereocenters. The summed E-state index contributed by atoms with van der Waals surface area (Å²) in [6.07, 6.45) is -4.74. The van der Waals surface area contributed by atoms with E-state index < -0.39 is 18.9 Å². The first-order valence-electron chi connectivity index (χ1n) is 8.93. The summed E-state index contributed by atoms with van der Waals surface area (Å²) >= 11 is 0. The zero-order valence-electron chi connectivity index (χ0n) is 15.7. The first-order chi connectivity index (χ1) is 12.6. The van der Waals surface area contributed by atoms with Crippen molar-refractivity contribution in [2.24, 2.45) is 5.92 Å². The number of carbonyl (C=O) groups excluding carboxylic acids is 2. The third-order valence-corrected chi connectivity index (χ3v) is 4.74. The van der Waals surface area contributed by atoms with Crippen LogP contribution in [0.15, 0.2) is 18.2 Å². The lowest BCUT2D eigenvalue weighted by atomic mass is 9.94. The van der Waals surface area contributed by atoms with Gasteiger partial charge in [0.25, 0.3) is 0 Å². The fraction of sp³-hybridized carbons (Fsp3) is 0.579. The summed E-state index contributed by atoms with van der Waals surface area (Å²) in [6.45, 7) is 4.70. The van der Waals surface area contributed by atoms with Crippen LogP contribution in [0.4, 0.5) is 18.0 Å². The number of likely N-dealkylation sites (tertiary alicyclic amines) is 1. The Hall–Kier alpha value is -2.25. The monoisotopic (exact) mass is 386 g/mol. The van der Waals surface area contributed by atoms with Crippen LogP contribution >= 0.6 is 0 Å². The quantitative estimate of drug-likeness (QED) is 0.854. The van der Waals surface area contributed by atoms with Crippen LogP contribution in [-0.2, 0) is 9.53 Å². The van der Waals surface area contributed by atoms with Gasteiger partial charge in [-0.25, -0.2) is 4.79 Å². The minimum atomic E-state index is -4.54. The number of aryl methyl sites for hydroxylation is 2. The van der Waals surface area contributed by atoms with Crippen LogP contribution in [0, 0.1) is 19.8 Å². The van der Waals surface area contributed by atoms with Crippen molar-refractivity contribution < 1.29 is 27.5 Å². The number of nitrogens with one attached hydrogen (secondary N) is 1. The van der Waals surface area contributed by atoms with Crippen LogP contribution in [0.25, 0.3) is 0 Å². The fourth-order valence-corrected chi connectivity index (χ4v) is 3.19. The lowest BCUT2D eigenvalue weighted by Gasteiger charge is -2.31. The second-order valence-electron chi connectivity index (χ2n) is 7.02. The number of alkyl halides is 3. The Balaban J connectivity index is 1.84. The number of hydrogen-bond acceptors (Lipinski definition) is 3. The summed E-state index contributed by atoms with van der Waals surface area (Å²) < 4.78 is 40.6. The number of ether oxygens (including phenoxy) is 1. The molecule has 1 N–H and O–H groups in total. The SMILES string of the molecule is Cc1ccc(C)c(C(C)NC(=O)C2CCN(C(=O)OCC(F)(F)F)CC2)c1. The largest absolute Gasteiger partial charge is 0.440 e. The van der Waals surface area contributed by atoms with E-state index in [2.05, 4.69) is 10.1 Å². The van der Waals surface area contributed by atoms with Crippen molar-refractivity contribution in [1.29, 1.82) is 0 Å². The van der Waals surface area contributed by atoms with Gasteiger partial charge in [0, 0.05) is 19.0 Å². The summed E-state index contributed by atoms with van der Waals surface area (Å²) in [4.78, 5) is 25.4. The summed E-state index contributed by atoms with van der Waals surface area (Å²) in [5, 5.41) is 3.00. The highest BCUT2D eigenvalue weighted by molar-refractivity contribution is 5.79. The van der Waals surface area contributed by atoms with E-state index in [0.29, 0.717) is 12.8 Å². The molecule has 1 aromatic rings. The Morgan fingerprint density at radius 3 is 2.48 bits per heavy atom. The van der Waals surface area contributed by atoms with Crippen LogP contribution in [0.1, 0.15) is 42.5 Å². The first kappa shape index (κ1) is 21.1. The molecule has 1 heterocycles. The van der Waals surface area contributed by atoms with Crippen LogP contribution in [-0.4, -0.2) is 42.8 Å². The molecule has 1 aromatic carbocycles. The molecule has 1 fully saturated rings. The van der Waals surface area contributed by atoms with Crippen molar-refractivity contribution in [1.82, 2.24) is 10.2 Å². The number of halogens is 3. The van der Waals surface area contributed by atoms with E-state index in [0.717, 1.165) is 16.7 Å². The number of nitrogens with zero attached hydrogens (tertiary/aromatic N) is 1. The van der Waals surface area contributed by atoms with Gasteiger partial charge in [0.15, 0.2) is 6.61 Å². The zero-order valence-corrected chi connectivity index (χ0v) is 15.7. The molecular weight excluding hydrogens is 361 g/mol. The number of piperidine rings is 1. The normalized spacial score (nSPS) is 16.7. The van der Waals surface area contributed by atoms with E-state index in [1.807, 2.05) is 39.0 Å². The van der Waals surface area contributed by atoms with Gasteiger partial charge < -0.3 is 15.0 Å². The molecule has 2 amide bonds. The van der Waals surface area contributed by atoms with Gasteiger partial charge in [-0.3, -0.25) is 4.79 Å². The number of carbonyl (C=O) groups is 2. The van der Waals surface area contributed by atoms with Crippen LogP contribution in [0.2, 0.25) is 0 Å². The molecule has 150 valence electrons. The van der Waals surface area contributed by atoms with E-state index in [9.17, 15) is 22.8 Å². The van der Waals surface area contributed by atoms with Crippen molar-refractivity contribution in [3.05, 3.63) is 34.9 Å². The standard InChI is InChI=1S/C19H25F3N2O3/c1-12-4-5-13(2)16(10-12)14(3)23-17(25)15-6-8-24(9-7-15)18(26)27-11-19(20,21)22/h4-5,10,14-15H,6-9,11H2,1-3H3,(H,23,25). The molecule has 5 nitrogen and oxygen atoms in total. The maximum Gasteiger partial charge on any atom is 0.422 e. The summed E-state index contributed by atoms with van der Waals surface area (Å²) in [5.41, 5.74) is 3.26. The van der Waals surface area contributed by atoms with Crippen molar-refractivity contribution >= 4 is 12.0 Å². The third kappa shape index (κ3) is 6.15. The van der Waals surface area contributed by atoms with E-state index >= 15 is 0 Å². The minimum absolute atomic E-state index is 0.105. The summed E-state index contributed by atoms with van der Waals surface area (Å²) in [7, 11) is 0. The highest BCUT2D eigenvalue weighted by Crippen LogP contribution is 2.23. The fourth-order valence-electron chi connectivity index (χ4n) is 3.19. The molecule has 0 aromatic heterocycles. The predicted octanol–water partition coefficient (Wildman–Crippen LogP) is 3.89. The smallest absolute Gasteiger partial charge is 0.422 e. The third-order valence-electron chi connectivity index (χ3n) is 4.74. The maximum atomic E-state index is 12.5. The molecule has 0 spiro atoms. The van der Waals surface area contributed by atoms with Gasteiger partial charge in [-0.2, -0.15) is 13.2 Å². The Labute approximate surface area is 156 Å². The van der Waals surface area contributed by atoms with Crippen molar-refractivity contribution in [2.45, 2.75) is 45.8 Å². The van der Waals surface area contributed by atoms with Crippen LogP contribution in [0.5, 0.6) is 0 Å². The second kappa shape index (κ2) is 8.63. The average molecular weight is 386 g/mol. The number of amides is 2. The highest BCUT2D eigenvalue weighted by Gasteiger charge is 2.33. The second-order valence-corrected chi connectivity index (χ2v) is 7.02. The highest BCUT2D eigenvalue weighted by atomic mass is 19.4. The van der Waals surface area contributed by atoms with Crippen molar-refractivity contribution in [3.8, 4) is 0 Å². The maximum absolute atomic E-state index is 12.5. The Morgan fingerprint density at radius 2 is 1.89 bits per heavy atom. The van der Waals surface area contributed by atoms with E-state index in [1.165, 1.54) is 4.90 Å². The molecule has 1 aliphatic heterocycles. The van der Waals surface area contributed by atoms with Gasteiger partial charge in [-0.15, -0.1) is 0 Å². The summed E-state index contributed by atoms with van der Waals surface area (Å²) in [6, 6.07) is 5.92. The van der Waals surface area contributed by atoms with Gasteiger partial charge in [0.2, 0.25) is 5.91 Å². The molecule has 0 aliphatic carbocycles. The number of hydrogen-bond donors (Lipinski definition) is 1. The predicted molar refractivity (Wildman–Crippen MR) is 94.2 cm³/mol. The lowest BCUT2D eigenvalue weighted by molar-refractivity contribution is -0.162. The molecule has 27 heavy (non-hydrogen) atoms. The van der Waals surface area contributed by atoms with Crippen LogP contribution in [0.3, 0.4) is 0 Å². The van der Waals surface area contributed by atoms with Gasteiger partial charge in [-0.05, 0) is 44.7 Å². The molecule has 2 rings (SSSR count). The first-order valence-corrected chi connectivity index (χ1v) is 8.93. The Kier molecular flexibility index (Phi) is 6.73. The van der Waals surface area contributed by atoms with E-state index in [4.69, 9.17) is 0 Å². The lowest BCUT2D eigenvalue weighted by Crippen LogP contribution is -2.44. The topological polar surface area (TPSA) is 58.6 Å². The Bertz CT molecular complexity index is 683. The molecule has 0 bridgehead atoms. The molecule has 1 unspecified atom stereocenters. The van der Waals surface area contributed by atoms with Gasteiger partial charge in [0.1, 0.15) is 0 Å². The number of rotatable bonds is 4. The zero-order chi connectivity index (χ0) is 20.2. The van der Waals surface area contributed by atoms with Gasteiger partial charge >= 0.3 is 12.3 Å². The van der Waals surface area contributed by atoms with Crippen LogP contribution < -0.4 is 5.32 Å². The molecule has 8 heteroatoms. The van der Waals surface area contributed by atoms with E-state index in [-0.39, 0.29) is 31.0 Å². The average Bonchev–Trinajstić information content (AvgIpc) is 2.61. The Morgan fingerprint density at radius 1 is 1.26 bits per heavy atom. The van der Waals surface area contributed by atoms with Crippen molar-refractivity contribution in [2.75, 3.05) is 19.7 Å². The van der Waals surface area contributed by atoms with Crippen molar-refractivity contribution in [3.63, 3.8) is 0 Å². The molecular formula is C19H25F3N2O3. The molecule has 1 aliphatic rings. The molecule has 1 saturated heterocycles. The van der Waals surface area contributed by atoms with E-state index in [1.54, 1.807) is 0 Å². The van der Waals surface area contributed by atoms with Gasteiger partial charge in [-0.1, -0.05) is 23.8 Å². The van der Waals surface area contributed by atoms with Gasteiger partial charge in [0.05, 0.1) is 6.04 Å². The minimum Gasteiger partial charge on any atom is -0.440 e. The molecule has 0 saturated carbocycles. The summed E-state index contributed by atoms with van der Waals surface area (Å²) in [5.74, 6) is -0.379. The number of benzene rings is 1.